The number of carbonyl (C=O) groups excluding carboxylic acids is 3. The number of aromatic hydroxyl groups is 1. The van der Waals surface area contributed by atoms with Crippen LogP contribution in [-0.2, 0) is 28.0 Å². The number of nitrogens with one attached hydrogen (secondary N) is 1. The summed E-state index contributed by atoms with van der Waals surface area (Å²) in [6.45, 7) is 11.2. The van der Waals surface area contributed by atoms with Crippen molar-refractivity contribution in [3.8, 4) is 17.2 Å². The molecule has 38 heavy (non-hydrogen) atoms. The van der Waals surface area contributed by atoms with E-state index in [0.29, 0.717) is 0 Å². The Labute approximate surface area is 222 Å². The number of hydrogen-bond acceptors (Lipinski definition) is 7. The second-order valence-corrected chi connectivity index (χ2v) is 10.1. The van der Waals surface area contributed by atoms with Crippen LogP contribution in [0.5, 0.6) is 17.2 Å². The van der Waals surface area contributed by atoms with Crippen molar-refractivity contribution in [1.82, 2.24) is 5.32 Å². The van der Waals surface area contributed by atoms with Crippen LogP contribution in [0.3, 0.4) is 0 Å². The molecule has 1 amide bonds. The van der Waals surface area contributed by atoms with Gasteiger partial charge in [0.2, 0.25) is 0 Å². The smallest absolute Gasteiger partial charge is 0.259 e. The molecule has 1 heterocycles. The number of methoxy groups -OCH3 is 1. The van der Waals surface area contributed by atoms with E-state index in [2.05, 4.69) is 25.2 Å². The molecule has 1 atom stereocenters. The quantitative estimate of drug-likeness (QED) is 0.452. The van der Waals surface area contributed by atoms with E-state index in [1.54, 1.807) is 0 Å². The molecule has 1 aliphatic carbocycles. The number of aliphatic hydroxyl groups is 1. The second kappa shape index (κ2) is 9.67. The first kappa shape index (κ1) is 27.0. The first-order valence-electron chi connectivity index (χ1n) is 12.6. The van der Waals surface area contributed by atoms with Gasteiger partial charge in [-0.05, 0) is 68.9 Å². The van der Waals surface area contributed by atoms with Crippen LogP contribution in [0, 0.1) is 20.8 Å². The van der Waals surface area contributed by atoms with Crippen LogP contribution >= 0.6 is 0 Å². The van der Waals surface area contributed by atoms with Crippen molar-refractivity contribution in [1.29, 1.82) is 0 Å². The van der Waals surface area contributed by atoms with Gasteiger partial charge in [-0.15, -0.1) is 0 Å². The number of amides is 1. The fourth-order valence-corrected chi connectivity index (χ4v) is 5.54. The minimum atomic E-state index is -1.60. The van der Waals surface area contributed by atoms with Gasteiger partial charge >= 0.3 is 0 Å². The number of allylic oxidation sites excluding steroid dienone is 3. The molecule has 200 valence electrons. The fraction of sp³-hybridized carbons (Fsp3) is 0.367. The minimum absolute atomic E-state index is 0.00700. The number of phenolic OH excluding ortho intramolecular Hbond substituents is 1. The fourth-order valence-electron chi connectivity index (χ4n) is 5.54. The van der Waals surface area contributed by atoms with E-state index in [4.69, 9.17) is 9.47 Å². The van der Waals surface area contributed by atoms with Crippen LogP contribution in [0.1, 0.15) is 70.9 Å². The Hall–Kier alpha value is -4.07. The number of phenols is 1. The molecular formula is C30H33NO7. The zero-order valence-electron chi connectivity index (χ0n) is 22.8. The highest BCUT2D eigenvalue weighted by molar-refractivity contribution is 6.25. The topological polar surface area (TPSA) is 122 Å². The maximum absolute atomic E-state index is 13.7. The maximum atomic E-state index is 13.7. The van der Waals surface area contributed by atoms with Gasteiger partial charge in [0.05, 0.1) is 12.7 Å². The molecule has 2 aliphatic rings. The van der Waals surface area contributed by atoms with Crippen molar-refractivity contribution in [2.75, 3.05) is 7.11 Å². The third-order valence-corrected chi connectivity index (χ3v) is 7.68. The summed E-state index contributed by atoms with van der Waals surface area (Å²) in [6.07, 6.45) is 3.02. The Bertz CT molecular complexity index is 1460. The highest BCUT2D eigenvalue weighted by Gasteiger charge is 2.55. The highest BCUT2D eigenvalue weighted by Crippen LogP contribution is 2.56. The van der Waals surface area contributed by atoms with Crippen molar-refractivity contribution in [3.63, 3.8) is 0 Å². The molecule has 0 bridgehead atoms. The summed E-state index contributed by atoms with van der Waals surface area (Å²) in [6, 6.07) is 3.41. The van der Waals surface area contributed by atoms with Gasteiger partial charge in [-0.2, -0.15) is 0 Å². The van der Waals surface area contributed by atoms with Gasteiger partial charge in [0.1, 0.15) is 39.6 Å². The van der Waals surface area contributed by atoms with E-state index >= 15 is 0 Å². The number of Topliss-reactive ketones (excluding diaryl/α,β-unsaturated/α-hetero) is 2. The molecule has 2 aromatic carbocycles. The molecule has 4 rings (SSSR count). The lowest BCUT2D eigenvalue weighted by molar-refractivity contribution is -0.123. The summed E-state index contributed by atoms with van der Waals surface area (Å²) in [4.78, 5) is 39.3. The van der Waals surface area contributed by atoms with Crippen molar-refractivity contribution in [3.05, 3.63) is 74.2 Å². The lowest BCUT2D eigenvalue weighted by Gasteiger charge is -2.27. The van der Waals surface area contributed by atoms with Crippen LogP contribution in [0.15, 0.2) is 35.3 Å². The van der Waals surface area contributed by atoms with E-state index < -0.39 is 28.6 Å². The number of aryl methyl sites for hydroxylation is 2. The Morgan fingerprint density at radius 2 is 1.79 bits per heavy atom. The number of ether oxygens (including phenoxy) is 2. The molecular weight excluding hydrogens is 486 g/mol. The highest BCUT2D eigenvalue weighted by atomic mass is 16.5. The average molecular weight is 520 g/mol. The molecule has 0 saturated heterocycles. The van der Waals surface area contributed by atoms with Crippen molar-refractivity contribution in [2.24, 2.45) is 0 Å². The standard InChI is InChI=1S/C30H33NO7/c1-8-9-18-15(3)10-14(2)16(4)19(18)13-31-29(36)25-22(37-7)11-21(34)26-27(25)38-23-12-20(33)24(17(5)32)28(35)30(23,26)6/h10-12,33-34H,8-9,13H2,1-7H3,(H,31,36)/t30-/m1/s1. The zero-order valence-corrected chi connectivity index (χ0v) is 22.8. The van der Waals surface area contributed by atoms with Gasteiger partial charge in [0.15, 0.2) is 17.3 Å². The number of ketones is 2. The third-order valence-electron chi connectivity index (χ3n) is 7.68. The van der Waals surface area contributed by atoms with Gasteiger partial charge in [-0.3, -0.25) is 14.4 Å². The predicted octanol–water partition coefficient (Wildman–Crippen LogP) is 4.73. The molecule has 0 spiro atoms. The van der Waals surface area contributed by atoms with E-state index in [1.165, 1.54) is 44.2 Å². The van der Waals surface area contributed by atoms with Gasteiger partial charge in [-0.25, -0.2) is 0 Å². The molecule has 0 aromatic heterocycles. The lowest BCUT2D eigenvalue weighted by Crippen LogP contribution is -2.38. The normalized spacial score (nSPS) is 18.0. The first-order valence-corrected chi connectivity index (χ1v) is 12.6. The zero-order chi connectivity index (χ0) is 28.1. The van der Waals surface area contributed by atoms with Gasteiger partial charge in [0, 0.05) is 18.7 Å². The second-order valence-electron chi connectivity index (χ2n) is 10.1. The van der Waals surface area contributed by atoms with Crippen LogP contribution in [-0.4, -0.2) is 34.8 Å². The van der Waals surface area contributed by atoms with E-state index in [1.807, 2.05) is 13.8 Å². The van der Waals surface area contributed by atoms with Crippen molar-refractivity contribution < 1.29 is 34.1 Å². The van der Waals surface area contributed by atoms with Crippen molar-refractivity contribution >= 4 is 17.5 Å². The number of carbonyl (C=O) groups is 3. The summed E-state index contributed by atoms with van der Waals surface area (Å²) in [5, 5.41) is 24.3. The third kappa shape index (κ3) is 3.95. The van der Waals surface area contributed by atoms with Gasteiger partial charge < -0.3 is 25.0 Å². The minimum Gasteiger partial charge on any atom is -0.507 e. The van der Waals surface area contributed by atoms with E-state index in [-0.39, 0.29) is 46.3 Å². The largest absolute Gasteiger partial charge is 0.507 e. The number of hydrogen-bond donors (Lipinski definition) is 3. The van der Waals surface area contributed by atoms with Crippen LogP contribution < -0.4 is 14.8 Å². The van der Waals surface area contributed by atoms with E-state index in [9.17, 15) is 24.6 Å². The maximum Gasteiger partial charge on any atom is 0.259 e. The monoisotopic (exact) mass is 519 g/mol. The summed E-state index contributed by atoms with van der Waals surface area (Å²) in [7, 11) is 1.36. The first-order chi connectivity index (χ1) is 17.9. The lowest BCUT2D eigenvalue weighted by atomic mass is 9.71. The Balaban J connectivity index is 1.80. The van der Waals surface area contributed by atoms with Crippen LogP contribution in [0.25, 0.3) is 0 Å². The Morgan fingerprint density at radius 3 is 2.39 bits per heavy atom. The Kier molecular flexibility index (Phi) is 6.86. The number of rotatable bonds is 7. The number of benzene rings is 2. The summed E-state index contributed by atoms with van der Waals surface area (Å²) < 4.78 is 11.4. The molecule has 0 saturated carbocycles. The summed E-state index contributed by atoms with van der Waals surface area (Å²) in [5.41, 5.74) is 3.71. The van der Waals surface area contributed by atoms with Crippen LogP contribution in [0.2, 0.25) is 0 Å². The number of fused-ring (bicyclic) bond motifs is 3. The SMILES string of the molecule is CCCc1c(C)cc(C)c(C)c1CNC(=O)c1c(OC)cc(O)c2c1OC1=CC(O)=C(C(C)=O)C(=O)[C@]12C. The van der Waals surface area contributed by atoms with Gasteiger partial charge in [0.25, 0.3) is 5.91 Å². The Morgan fingerprint density at radius 1 is 1.11 bits per heavy atom. The number of aliphatic hydroxyl groups excluding tert-OH is 1. The predicted molar refractivity (Wildman–Crippen MR) is 142 cm³/mol. The van der Waals surface area contributed by atoms with Crippen LogP contribution in [0.4, 0.5) is 0 Å². The van der Waals surface area contributed by atoms with E-state index in [0.717, 1.165) is 29.5 Å². The average Bonchev–Trinajstić information content (AvgIpc) is 3.15. The molecule has 8 heteroatoms. The molecule has 8 nitrogen and oxygen atoms in total. The summed E-state index contributed by atoms with van der Waals surface area (Å²) in [5.74, 6) is -2.68. The molecule has 1 aliphatic heterocycles. The van der Waals surface area contributed by atoms with Crippen molar-refractivity contribution in [2.45, 2.75) is 66.3 Å². The molecule has 0 unspecified atom stereocenters. The molecule has 0 radical (unpaired) electrons. The van der Waals surface area contributed by atoms with Gasteiger partial charge in [-0.1, -0.05) is 19.4 Å². The molecule has 3 N–H and O–H groups in total. The molecule has 0 fully saturated rings. The molecule has 2 aromatic rings. The summed E-state index contributed by atoms with van der Waals surface area (Å²) >= 11 is 0.